The molecule has 0 saturated heterocycles. The van der Waals surface area contributed by atoms with E-state index in [-0.39, 0.29) is 18.9 Å². The van der Waals surface area contributed by atoms with Crippen molar-refractivity contribution < 1.29 is 14.4 Å². The van der Waals surface area contributed by atoms with Gasteiger partial charge >= 0.3 is 0 Å². The second kappa shape index (κ2) is 10.9. The highest BCUT2D eigenvalue weighted by Crippen LogP contribution is 2.23. The fourth-order valence-electron chi connectivity index (χ4n) is 3.53. The summed E-state index contributed by atoms with van der Waals surface area (Å²) in [6.07, 6.45) is 1.63. The van der Waals surface area contributed by atoms with Crippen molar-refractivity contribution in [1.29, 1.82) is 0 Å². The van der Waals surface area contributed by atoms with Crippen LogP contribution in [0.2, 0.25) is 0 Å². The molecule has 8 nitrogen and oxygen atoms in total. The van der Waals surface area contributed by atoms with Crippen LogP contribution in [0.5, 0.6) is 0 Å². The van der Waals surface area contributed by atoms with Gasteiger partial charge in [0.05, 0.1) is 11.3 Å². The molecule has 8 heteroatoms. The van der Waals surface area contributed by atoms with Gasteiger partial charge in [0.1, 0.15) is 5.69 Å². The third-order valence-corrected chi connectivity index (χ3v) is 5.37. The molecular weight excluding hydrogens is 442 g/mol. The largest absolute Gasteiger partial charge is 0.352 e. The molecule has 4 aromatic rings. The highest BCUT2D eigenvalue weighted by molar-refractivity contribution is 6.00. The molecule has 0 aliphatic carbocycles. The predicted molar refractivity (Wildman–Crippen MR) is 133 cm³/mol. The lowest BCUT2D eigenvalue weighted by molar-refractivity contribution is -0.121. The smallest absolute Gasteiger partial charge is 0.273 e. The lowest BCUT2D eigenvalue weighted by atomic mass is 10.1. The SMILES string of the molecule is Cc1ccccc1C(=O)NCCC(=O)NNC(=O)c1cn(-c2ccccc2)nc1-c1ccccc1. The maximum absolute atomic E-state index is 12.9. The van der Waals surface area contributed by atoms with Crippen LogP contribution in [0.1, 0.15) is 32.7 Å². The lowest BCUT2D eigenvalue weighted by Crippen LogP contribution is -2.42. The van der Waals surface area contributed by atoms with Crippen molar-refractivity contribution in [2.45, 2.75) is 13.3 Å². The van der Waals surface area contributed by atoms with E-state index in [0.29, 0.717) is 16.8 Å². The molecule has 35 heavy (non-hydrogen) atoms. The first kappa shape index (κ1) is 23.4. The molecule has 0 radical (unpaired) electrons. The van der Waals surface area contributed by atoms with Crippen LogP contribution in [0.25, 0.3) is 16.9 Å². The molecule has 0 spiro atoms. The molecular formula is C27H25N5O3. The number of amides is 3. The Labute approximate surface area is 203 Å². The van der Waals surface area contributed by atoms with Crippen molar-refractivity contribution in [3.8, 4) is 16.9 Å². The highest BCUT2D eigenvalue weighted by Gasteiger charge is 2.19. The van der Waals surface area contributed by atoms with E-state index in [9.17, 15) is 14.4 Å². The summed E-state index contributed by atoms with van der Waals surface area (Å²) in [5, 5.41) is 7.32. The van der Waals surface area contributed by atoms with E-state index in [1.165, 1.54) is 0 Å². The summed E-state index contributed by atoms with van der Waals surface area (Å²) in [6, 6.07) is 26.0. The van der Waals surface area contributed by atoms with E-state index >= 15 is 0 Å². The quantitative estimate of drug-likeness (QED) is 0.362. The Morgan fingerprint density at radius 3 is 2.14 bits per heavy atom. The van der Waals surface area contributed by atoms with Gasteiger partial charge in [-0.2, -0.15) is 5.10 Å². The molecule has 1 aromatic heterocycles. The number of carbonyl (C=O) groups excluding carboxylic acids is 3. The number of rotatable bonds is 7. The van der Waals surface area contributed by atoms with E-state index in [4.69, 9.17) is 0 Å². The number of hydrogen-bond acceptors (Lipinski definition) is 4. The number of benzene rings is 3. The number of para-hydroxylation sites is 1. The van der Waals surface area contributed by atoms with Gasteiger partial charge < -0.3 is 5.32 Å². The summed E-state index contributed by atoms with van der Waals surface area (Å²) in [6.45, 7) is 1.98. The first-order valence-electron chi connectivity index (χ1n) is 11.2. The Hall–Kier alpha value is -4.72. The molecule has 0 aliphatic rings. The van der Waals surface area contributed by atoms with Crippen molar-refractivity contribution in [1.82, 2.24) is 25.9 Å². The van der Waals surface area contributed by atoms with Gasteiger partial charge in [-0.1, -0.05) is 66.7 Å². The molecule has 1 heterocycles. The highest BCUT2D eigenvalue weighted by atomic mass is 16.2. The van der Waals surface area contributed by atoms with Crippen molar-refractivity contribution in [2.75, 3.05) is 6.54 Å². The summed E-state index contributed by atoms with van der Waals surface area (Å²) in [4.78, 5) is 37.5. The molecule has 0 fully saturated rings. The number of hydrazine groups is 1. The van der Waals surface area contributed by atoms with E-state index < -0.39 is 11.8 Å². The summed E-state index contributed by atoms with van der Waals surface area (Å²) in [7, 11) is 0. The van der Waals surface area contributed by atoms with Gasteiger partial charge in [0.15, 0.2) is 0 Å². The fraction of sp³-hybridized carbons (Fsp3) is 0.111. The maximum atomic E-state index is 12.9. The van der Waals surface area contributed by atoms with Crippen molar-refractivity contribution in [3.05, 3.63) is 108 Å². The number of aromatic nitrogens is 2. The minimum Gasteiger partial charge on any atom is -0.352 e. The zero-order chi connectivity index (χ0) is 24.6. The Balaban J connectivity index is 1.38. The first-order chi connectivity index (χ1) is 17.0. The third-order valence-electron chi connectivity index (χ3n) is 5.37. The van der Waals surface area contributed by atoms with Gasteiger partial charge in [0, 0.05) is 30.3 Å². The van der Waals surface area contributed by atoms with Crippen LogP contribution in [-0.4, -0.2) is 34.0 Å². The second-order valence-electron chi connectivity index (χ2n) is 7.86. The van der Waals surface area contributed by atoms with Crippen molar-refractivity contribution in [3.63, 3.8) is 0 Å². The average molecular weight is 468 g/mol. The number of aryl methyl sites for hydroxylation is 1. The Morgan fingerprint density at radius 2 is 1.43 bits per heavy atom. The predicted octanol–water partition coefficient (Wildman–Crippen LogP) is 3.43. The van der Waals surface area contributed by atoms with Crippen LogP contribution in [-0.2, 0) is 4.79 Å². The van der Waals surface area contributed by atoms with E-state index in [2.05, 4.69) is 21.3 Å². The van der Waals surface area contributed by atoms with Crippen LogP contribution >= 0.6 is 0 Å². The van der Waals surface area contributed by atoms with Crippen LogP contribution < -0.4 is 16.2 Å². The van der Waals surface area contributed by atoms with Crippen molar-refractivity contribution in [2.24, 2.45) is 0 Å². The zero-order valence-electron chi connectivity index (χ0n) is 19.2. The van der Waals surface area contributed by atoms with Gasteiger partial charge in [0.2, 0.25) is 5.91 Å². The van der Waals surface area contributed by atoms with Crippen molar-refractivity contribution >= 4 is 17.7 Å². The normalized spacial score (nSPS) is 10.4. The monoisotopic (exact) mass is 467 g/mol. The van der Waals surface area contributed by atoms with E-state index in [0.717, 1.165) is 16.8 Å². The van der Waals surface area contributed by atoms with Crippen LogP contribution in [0.4, 0.5) is 0 Å². The standard InChI is InChI=1S/C27H25N5O3/c1-19-10-8-9-15-22(19)26(34)28-17-16-24(33)29-30-27(35)23-18-32(21-13-6-3-7-14-21)31-25(23)20-11-4-2-5-12-20/h2-15,18H,16-17H2,1H3,(H,28,34)(H,29,33)(H,30,35). The molecule has 0 atom stereocenters. The summed E-state index contributed by atoms with van der Waals surface area (Å²) < 4.78 is 1.63. The maximum Gasteiger partial charge on any atom is 0.273 e. The second-order valence-corrected chi connectivity index (χ2v) is 7.86. The molecule has 0 aliphatic heterocycles. The van der Waals surface area contributed by atoms with Gasteiger partial charge in [-0.05, 0) is 30.7 Å². The summed E-state index contributed by atoms with van der Waals surface area (Å²) in [5.74, 6) is -1.18. The molecule has 0 saturated carbocycles. The molecule has 3 amide bonds. The van der Waals surface area contributed by atoms with Crippen LogP contribution in [0, 0.1) is 6.92 Å². The Kier molecular flexibility index (Phi) is 7.32. The van der Waals surface area contributed by atoms with E-state index in [1.807, 2.05) is 79.7 Å². The molecule has 3 N–H and O–H groups in total. The summed E-state index contributed by atoms with van der Waals surface area (Å²) in [5.41, 5.74) is 8.65. The number of nitrogens with zero attached hydrogens (tertiary/aromatic N) is 2. The Bertz CT molecular complexity index is 1330. The van der Waals surface area contributed by atoms with Crippen LogP contribution in [0.3, 0.4) is 0 Å². The number of carbonyl (C=O) groups is 3. The molecule has 176 valence electrons. The lowest BCUT2D eigenvalue weighted by Gasteiger charge is -2.09. The van der Waals surface area contributed by atoms with Gasteiger partial charge in [-0.3, -0.25) is 25.2 Å². The minimum atomic E-state index is -0.497. The fourth-order valence-corrected chi connectivity index (χ4v) is 3.53. The number of hydrogen-bond donors (Lipinski definition) is 3. The molecule has 0 bridgehead atoms. The third kappa shape index (κ3) is 5.80. The summed E-state index contributed by atoms with van der Waals surface area (Å²) >= 11 is 0. The van der Waals surface area contributed by atoms with Gasteiger partial charge in [0.25, 0.3) is 11.8 Å². The van der Waals surface area contributed by atoms with Crippen LogP contribution in [0.15, 0.2) is 91.1 Å². The molecule has 4 rings (SSSR count). The molecule has 0 unspecified atom stereocenters. The number of nitrogens with one attached hydrogen (secondary N) is 3. The van der Waals surface area contributed by atoms with E-state index in [1.54, 1.807) is 23.0 Å². The van der Waals surface area contributed by atoms with Gasteiger partial charge in [-0.15, -0.1) is 0 Å². The van der Waals surface area contributed by atoms with Gasteiger partial charge in [-0.25, -0.2) is 4.68 Å². The Morgan fingerprint density at radius 1 is 0.771 bits per heavy atom. The topological polar surface area (TPSA) is 105 Å². The average Bonchev–Trinajstić information content (AvgIpc) is 3.34. The first-order valence-corrected chi connectivity index (χ1v) is 11.2. The zero-order valence-corrected chi connectivity index (χ0v) is 19.2. The molecule has 3 aromatic carbocycles. The minimum absolute atomic E-state index is 0.00667.